The van der Waals surface area contributed by atoms with Crippen LogP contribution in [-0.4, -0.2) is 26.3 Å². The summed E-state index contributed by atoms with van der Waals surface area (Å²) in [6, 6.07) is 9.79. The molecule has 0 aliphatic carbocycles. The zero-order valence-electron chi connectivity index (χ0n) is 12.7. The minimum Gasteiger partial charge on any atom is -0.476 e. The summed E-state index contributed by atoms with van der Waals surface area (Å²) in [5.41, 5.74) is 1.73. The number of aromatic amines is 1. The normalized spacial score (nSPS) is 11.8. The SMILES string of the molecule is CCC(C#N)Oc1cccc(CNc2ncnc3[nH]ncc23)c1. The van der Waals surface area contributed by atoms with E-state index in [2.05, 4.69) is 31.6 Å². The van der Waals surface area contributed by atoms with Crippen molar-refractivity contribution in [3.8, 4) is 11.8 Å². The monoisotopic (exact) mass is 308 g/mol. The van der Waals surface area contributed by atoms with Gasteiger partial charge in [0.05, 0.1) is 11.6 Å². The molecule has 2 aromatic heterocycles. The van der Waals surface area contributed by atoms with E-state index in [1.54, 1.807) is 6.20 Å². The molecule has 0 spiro atoms. The molecule has 0 aliphatic rings. The quantitative estimate of drug-likeness (QED) is 0.726. The molecule has 0 aliphatic heterocycles. The maximum Gasteiger partial charge on any atom is 0.184 e. The number of ether oxygens (including phenoxy) is 1. The predicted molar refractivity (Wildman–Crippen MR) is 85.8 cm³/mol. The van der Waals surface area contributed by atoms with Gasteiger partial charge in [0, 0.05) is 6.54 Å². The number of nitriles is 1. The van der Waals surface area contributed by atoms with Crippen LogP contribution >= 0.6 is 0 Å². The van der Waals surface area contributed by atoms with Crippen LogP contribution < -0.4 is 10.1 Å². The van der Waals surface area contributed by atoms with Crippen LogP contribution in [0.25, 0.3) is 11.0 Å². The second kappa shape index (κ2) is 6.75. The van der Waals surface area contributed by atoms with Crippen molar-refractivity contribution in [3.05, 3.63) is 42.4 Å². The zero-order valence-corrected chi connectivity index (χ0v) is 12.7. The Morgan fingerprint density at radius 2 is 2.30 bits per heavy atom. The van der Waals surface area contributed by atoms with Gasteiger partial charge in [-0.25, -0.2) is 9.97 Å². The molecule has 0 radical (unpaired) electrons. The molecule has 1 unspecified atom stereocenters. The Morgan fingerprint density at radius 1 is 1.39 bits per heavy atom. The number of H-pyrrole nitrogens is 1. The molecule has 23 heavy (non-hydrogen) atoms. The zero-order chi connectivity index (χ0) is 16.1. The van der Waals surface area contributed by atoms with Crippen LogP contribution in [0.2, 0.25) is 0 Å². The first-order valence-electron chi connectivity index (χ1n) is 7.33. The fraction of sp³-hybridized carbons (Fsp3) is 0.250. The van der Waals surface area contributed by atoms with Crippen molar-refractivity contribution in [2.24, 2.45) is 0 Å². The Bertz CT molecular complexity index is 838. The molecule has 0 saturated heterocycles. The van der Waals surface area contributed by atoms with Crippen LogP contribution in [-0.2, 0) is 6.54 Å². The van der Waals surface area contributed by atoms with Gasteiger partial charge in [-0.2, -0.15) is 10.4 Å². The maximum atomic E-state index is 8.98. The second-order valence-electron chi connectivity index (χ2n) is 5.00. The first-order chi connectivity index (χ1) is 11.3. The van der Waals surface area contributed by atoms with E-state index in [0.29, 0.717) is 24.4 Å². The third-order valence-electron chi connectivity index (χ3n) is 3.40. The van der Waals surface area contributed by atoms with Gasteiger partial charge in [-0.3, -0.25) is 5.10 Å². The molecule has 0 saturated carbocycles. The van der Waals surface area contributed by atoms with Crippen LogP contribution in [0.3, 0.4) is 0 Å². The van der Waals surface area contributed by atoms with E-state index in [9.17, 15) is 0 Å². The van der Waals surface area contributed by atoms with Crippen LogP contribution in [0.15, 0.2) is 36.8 Å². The van der Waals surface area contributed by atoms with E-state index >= 15 is 0 Å². The third-order valence-corrected chi connectivity index (χ3v) is 3.40. The first kappa shape index (κ1) is 14.8. The first-order valence-corrected chi connectivity index (χ1v) is 7.33. The number of hydrogen-bond donors (Lipinski definition) is 2. The van der Waals surface area contributed by atoms with Crippen LogP contribution in [0.1, 0.15) is 18.9 Å². The molecule has 2 heterocycles. The molecular formula is C16H16N6O. The van der Waals surface area contributed by atoms with Gasteiger partial charge in [-0.05, 0) is 24.1 Å². The lowest BCUT2D eigenvalue weighted by atomic mass is 10.2. The Hall–Kier alpha value is -3.14. The van der Waals surface area contributed by atoms with Gasteiger partial charge in [0.2, 0.25) is 0 Å². The number of aromatic nitrogens is 4. The van der Waals surface area contributed by atoms with E-state index in [1.165, 1.54) is 6.33 Å². The van der Waals surface area contributed by atoms with Gasteiger partial charge in [0.25, 0.3) is 0 Å². The van der Waals surface area contributed by atoms with E-state index in [1.807, 2.05) is 31.2 Å². The molecular weight excluding hydrogens is 292 g/mol. The highest BCUT2D eigenvalue weighted by Crippen LogP contribution is 2.19. The molecule has 116 valence electrons. The molecule has 1 atom stereocenters. The Labute approximate surface area is 133 Å². The Balaban J connectivity index is 1.71. The summed E-state index contributed by atoms with van der Waals surface area (Å²) in [6.07, 6.45) is 3.40. The largest absolute Gasteiger partial charge is 0.476 e. The lowest BCUT2D eigenvalue weighted by Gasteiger charge is -2.12. The summed E-state index contributed by atoms with van der Waals surface area (Å²) in [5, 5.41) is 19.9. The van der Waals surface area contributed by atoms with Crippen LogP contribution in [0, 0.1) is 11.3 Å². The van der Waals surface area contributed by atoms with Gasteiger partial charge < -0.3 is 10.1 Å². The number of hydrogen-bond acceptors (Lipinski definition) is 6. The van der Waals surface area contributed by atoms with Gasteiger partial charge in [-0.15, -0.1) is 0 Å². The third kappa shape index (κ3) is 3.37. The standard InChI is InChI=1S/C16H16N6O/c1-2-12(7-17)23-13-5-3-4-11(6-13)8-18-15-14-9-21-22-16(14)20-10-19-15/h3-6,9-10,12H,2,8H2,1H3,(H2,18,19,20,21,22). The van der Waals surface area contributed by atoms with E-state index in [4.69, 9.17) is 10.00 Å². The van der Waals surface area contributed by atoms with Crippen LogP contribution in [0.4, 0.5) is 5.82 Å². The number of nitrogens with one attached hydrogen (secondary N) is 2. The summed E-state index contributed by atoms with van der Waals surface area (Å²) in [7, 11) is 0. The van der Waals surface area contributed by atoms with Crippen molar-refractivity contribution < 1.29 is 4.74 Å². The van der Waals surface area contributed by atoms with Gasteiger partial charge >= 0.3 is 0 Å². The van der Waals surface area contributed by atoms with Crippen LogP contribution in [0.5, 0.6) is 5.75 Å². The number of fused-ring (bicyclic) bond motifs is 1. The Kier molecular flexibility index (Phi) is 4.34. The van der Waals surface area contributed by atoms with E-state index in [0.717, 1.165) is 16.8 Å². The molecule has 7 heteroatoms. The number of nitrogens with zero attached hydrogens (tertiary/aromatic N) is 4. The number of benzene rings is 1. The van der Waals surface area contributed by atoms with Gasteiger partial charge in [0.1, 0.15) is 24.0 Å². The number of rotatable bonds is 6. The summed E-state index contributed by atoms with van der Waals surface area (Å²) < 4.78 is 5.63. The lowest BCUT2D eigenvalue weighted by Crippen LogP contribution is -2.12. The second-order valence-corrected chi connectivity index (χ2v) is 5.00. The van der Waals surface area contributed by atoms with Crippen molar-refractivity contribution in [2.45, 2.75) is 26.0 Å². The fourth-order valence-corrected chi connectivity index (χ4v) is 2.19. The smallest absolute Gasteiger partial charge is 0.184 e. The molecule has 0 amide bonds. The van der Waals surface area contributed by atoms with Gasteiger partial charge in [-0.1, -0.05) is 19.1 Å². The summed E-state index contributed by atoms with van der Waals surface area (Å²) >= 11 is 0. The van der Waals surface area contributed by atoms with Crippen molar-refractivity contribution in [1.29, 1.82) is 5.26 Å². The highest BCUT2D eigenvalue weighted by Gasteiger charge is 2.08. The average molecular weight is 308 g/mol. The molecule has 0 bridgehead atoms. The Morgan fingerprint density at radius 3 is 3.13 bits per heavy atom. The molecule has 2 N–H and O–H groups in total. The van der Waals surface area contributed by atoms with Crippen molar-refractivity contribution in [3.63, 3.8) is 0 Å². The predicted octanol–water partition coefficient (Wildman–Crippen LogP) is 2.65. The summed E-state index contributed by atoms with van der Waals surface area (Å²) in [5.74, 6) is 1.41. The summed E-state index contributed by atoms with van der Waals surface area (Å²) in [6.45, 7) is 2.50. The van der Waals surface area contributed by atoms with Crippen molar-refractivity contribution in [1.82, 2.24) is 20.2 Å². The van der Waals surface area contributed by atoms with Gasteiger partial charge in [0.15, 0.2) is 11.8 Å². The molecule has 3 aromatic rings. The molecule has 3 rings (SSSR count). The molecule has 0 fully saturated rings. The minimum absolute atomic E-state index is 0.425. The molecule has 1 aromatic carbocycles. The van der Waals surface area contributed by atoms with Crippen molar-refractivity contribution >= 4 is 16.9 Å². The minimum atomic E-state index is -0.425. The lowest BCUT2D eigenvalue weighted by molar-refractivity contribution is 0.251. The van der Waals surface area contributed by atoms with E-state index < -0.39 is 6.10 Å². The molecule has 7 nitrogen and oxygen atoms in total. The highest BCUT2D eigenvalue weighted by atomic mass is 16.5. The topological polar surface area (TPSA) is 99.5 Å². The maximum absolute atomic E-state index is 8.98. The highest BCUT2D eigenvalue weighted by molar-refractivity contribution is 5.85. The van der Waals surface area contributed by atoms with E-state index in [-0.39, 0.29) is 0 Å². The summed E-state index contributed by atoms with van der Waals surface area (Å²) in [4.78, 5) is 8.34. The number of anilines is 1. The fourth-order valence-electron chi connectivity index (χ4n) is 2.19. The average Bonchev–Trinajstić information content (AvgIpc) is 3.07. The van der Waals surface area contributed by atoms with Crippen molar-refractivity contribution in [2.75, 3.05) is 5.32 Å².